The van der Waals surface area contributed by atoms with E-state index in [9.17, 15) is 5.11 Å². The van der Waals surface area contributed by atoms with E-state index in [1.165, 1.54) is 6.33 Å². The Bertz CT molecular complexity index is 381. The van der Waals surface area contributed by atoms with E-state index in [2.05, 4.69) is 34.1 Å². The summed E-state index contributed by atoms with van der Waals surface area (Å²) < 4.78 is 0. The number of aliphatic hydroxyl groups excluding tert-OH is 1. The third kappa shape index (κ3) is 3.54. The van der Waals surface area contributed by atoms with Crippen LogP contribution in [-0.4, -0.2) is 34.3 Å². The van der Waals surface area contributed by atoms with Crippen LogP contribution in [0.15, 0.2) is 6.33 Å². The normalized spacial score (nSPS) is 10.8. The largest absolute Gasteiger partial charge is 0.395 e. The third-order valence-electron chi connectivity index (χ3n) is 3.41. The maximum Gasteiger partial charge on any atom is 0.148 e. The predicted molar refractivity (Wildman–Crippen MR) is 78.0 cm³/mol. The van der Waals surface area contributed by atoms with Gasteiger partial charge < -0.3 is 15.4 Å². The molecule has 0 atom stereocenters. The number of hydrogen-bond acceptors (Lipinski definition) is 6. The maximum absolute atomic E-state index is 9.30. The second-order valence-electron chi connectivity index (χ2n) is 4.41. The zero-order chi connectivity index (χ0) is 14.3. The monoisotopic (exact) mass is 267 g/mol. The first-order chi connectivity index (χ1) is 9.23. The lowest BCUT2D eigenvalue weighted by Gasteiger charge is -2.32. The fourth-order valence-electron chi connectivity index (χ4n) is 2.40. The molecule has 0 aliphatic carbocycles. The van der Waals surface area contributed by atoms with E-state index >= 15 is 0 Å². The van der Waals surface area contributed by atoms with Gasteiger partial charge in [0.25, 0.3) is 0 Å². The highest BCUT2D eigenvalue weighted by molar-refractivity contribution is 5.58. The molecule has 1 aromatic heterocycles. The number of nitrogens with zero attached hydrogens (tertiary/aromatic N) is 3. The van der Waals surface area contributed by atoms with E-state index in [1.54, 1.807) is 0 Å². The molecule has 1 rings (SSSR count). The number of nitrogens with two attached hydrogens (primary N) is 1. The lowest BCUT2D eigenvalue weighted by atomic mass is 10.1. The highest BCUT2D eigenvalue weighted by Gasteiger charge is 2.21. The summed E-state index contributed by atoms with van der Waals surface area (Å²) >= 11 is 0. The fraction of sp³-hybridized carbons (Fsp3) is 0.692. The van der Waals surface area contributed by atoms with Gasteiger partial charge in [-0.1, -0.05) is 20.8 Å². The van der Waals surface area contributed by atoms with Gasteiger partial charge in [0, 0.05) is 18.2 Å². The minimum absolute atomic E-state index is 0.106. The second-order valence-corrected chi connectivity index (χ2v) is 4.41. The first kappa shape index (κ1) is 15.7. The number of hydrazine groups is 1. The molecule has 0 bridgehead atoms. The lowest BCUT2D eigenvalue weighted by Crippen LogP contribution is -2.38. The Morgan fingerprint density at radius 3 is 2.47 bits per heavy atom. The summed E-state index contributed by atoms with van der Waals surface area (Å²) in [6.07, 6.45) is 4.32. The summed E-state index contributed by atoms with van der Waals surface area (Å²) in [5.74, 6) is 7.02. The molecule has 0 fully saturated rings. The van der Waals surface area contributed by atoms with Gasteiger partial charge in [-0.2, -0.15) is 0 Å². The Hall–Kier alpha value is -1.40. The number of rotatable bonds is 8. The highest BCUT2D eigenvalue weighted by atomic mass is 16.3. The average molecular weight is 267 g/mol. The van der Waals surface area contributed by atoms with E-state index in [-0.39, 0.29) is 6.61 Å². The molecule has 0 unspecified atom stereocenters. The van der Waals surface area contributed by atoms with Crippen LogP contribution in [-0.2, 0) is 6.42 Å². The van der Waals surface area contributed by atoms with E-state index in [1.807, 2.05) is 6.92 Å². The summed E-state index contributed by atoms with van der Waals surface area (Å²) in [5.41, 5.74) is 3.61. The van der Waals surface area contributed by atoms with Crippen LogP contribution >= 0.6 is 0 Å². The first-order valence-electron chi connectivity index (χ1n) is 6.91. The van der Waals surface area contributed by atoms with E-state index < -0.39 is 0 Å². The van der Waals surface area contributed by atoms with Crippen molar-refractivity contribution in [3.05, 3.63) is 11.9 Å². The van der Waals surface area contributed by atoms with Crippen LogP contribution < -0.4 is 16.2 Å². The van der Waals surface area contributed by atoms with Crippen LogP contribution in [0.1, 0.15) is 39.2 Å². The Kier molecular flexibility index (Phi) is 6.52. The van der Waals surface area contributed by atoms with Crippen molar-refractivity contribution < 1.29 is 5.11 Å². The molecule has 4 N–H and O–H groups in total. The van der Waals surface area contributed by atoms with Gasteiger partial charge in [-0.25, -0.2) is 15.8 Å². The van der Waals surface area contributed by atoms with Crippen molar-refractivity contribution >= 4 is 11.6 Å². The minimum atomic E-state index is 0.106. The molecule has 0 saturated carbocycles. The number of nitrogen functional groups attached to an aromatic ring is 1. The van der Waals surface area contributed by atoms with Gasteiger partial charge in [-0.05, 0) is 19.3 Å². The second kappa shape index (κ2) is 7.91. The van der Waals surface area contributed by atoms with Crippen molar-refractivity contribution in [1.29, 1.82) is 0 Å². The summed E-state index contributed by atoms with van der Waals surface area (Å²) in [4.78, 5) is 10.7. The number of aromatic nitrogens is 2. The van der Waals surface area contributed by atoms with Crippen molar-refractivity contribution in [3.63, 3.8) is 0 Å². The van der Waals surface area contributed by atoms with E-state index in [0.717, 1.165) is 30.6 Å². The van der Waals surface area contributed by atoms with Crippen LogP contribution in [0, 0.1) is 0 Å². The Labute approximate surface area is 115 Å². The summed E-state index contributed by atoms with van der Waals surface area (Å²) in [7, 11) is 0. The van der Waals surface area contributed by atoms with Crippen LogP contribution in [0.25, 0.3) is 0 Å². The topological polar surface area (TPSA) is 87.3 Å². The van der Waals surface area contributed by atoms with Gasteiger partial charge >= 0.3 is 0 Å². The fourth-order valence-corrected chi connectivity index (χ4v) is 2.40. The summed E-state index contributed by atoms with van der Waals surface area (Å²) in [6.45, 7) is 7.02. The number of aliphatic hydroxyl groups is 1. The molecule has 19 heavy (non-hydrogen) atoms. The van der Waals surface area contributed by atoms with E-state index in [4.69, 9.17) is 5.84 Å². The van der Waals surface area contributed by atoms with Crippen molar-refractivity contribution in [1.82, 2.24) is 9.97 Å². The Balaban J connectivity index is 3.21. The molecule has 108 valence electrons. The quantitative estimate of drug-likeness (QED) is 0.486. The highest BCUT2D eigenvalue weighted by Crippen LogP contribution is 2.26. The molecule has 6 heteroatoms. The number of nitrogens with one attached hydrogen (secondary N) is 1. The van der Waals surface area contributed by atoms with Crippen molar-refractivity contribution in [3.8, 4) is 0 Å². The van der Waals surface area contributed by atoms with Gasteiger partial charge in [0.2, 0.25) is 0 Å². The molecule has 0 amide bonds. The molecule has 0 aromatic carbocycles. The van der Waals surface area contributed by atoms with Crippen molar-refractivity contribution in [2.75, 3.05) is 23.5 Å². The third-order valence-corrected chi connectivity index (χ3v) is 3.41. The van der Waals surface area contributed by atoms with E-state index in [0.29, 0.717) is 18.4 Å². The molecular formula is C13H25N5O. The van der Waals surface area contributed by atoms with Gasteiger partial charge in [0.1, 0.15) is 18.0 Å². The molecule has 1 heterocycles. The van der Waals surface area contributed by atoms with Gasteiger partial charge in [0.15, 0.2) is 0 Å². The number of hydrogen-bond donors (Lipinski definition) is 3. The van der Waals surface area contributed by atoms with Gasteiger partial charge in [0.05, 0.1) is 6.61 Å². The lowest BCUT2D eigenvalue weighted by molar-refractivity contribution is 0.295. The number of anilines is 2. The van der Waals surface area contributed by atoms with Crippen LogP contribution in [0.2, 0.25) is 0 Å². The molecule has 0 radical (unpaired) electrons. The molecule has 0 aliphatic rings. The standard InChI is InChI=1S/C13H25N5O/c1-4-10(5-2)18(7-8-19)13-11(6-3)12(17-14)15-9-16-13/h9-10,19H,4-8,14H2,1-3H3,(H,15,16,17). The predicted octanol–water partition coefficient (Wildman–Crippen LogP) is 1.31. The summed E-state index contributed by atoms with van der Waals surface area (Å²) in [5, 5.41) is 9.30. The SMILES string of the molecule is CCc1c(NN)ncnc1N(CCO)C(CC)CC. The molecule has 1 aromatic rings. The smallest absolute Gasteiger partial charge is 0.148 e. The zero-order valence-corrected chi connectivity index (χ0v) is 12.1. The zero-order valence-electron chi connectivity index (χ0n) is 12.1. The molecule has 0 aliphatic heterocycles. The minimum Gasteiger partial charge on any atom is -0.395 e. The molecule has 0 spiro atoms. The van der Waals surface area contributed by atoms with Crippen LogP contribution in [0.5, 0.6) is 0 Å². The average Bonchev–Trinajstić information content (AvgIpc) is 2.46. The van der Waals surface area contributed by atoms with Gasteiger partial charge in [-0.3, -0.25) is 0 Å². The summed E-state index contributed by atoms with van der Waals surface area (Å²) in [6, 6.07) is 0.359. The molecule has 0 saturated heterocycles. The first-order valence-corrected chi connectivity index (χ1v) is 6.91. The molecule has 6 nitrogen and oxygen atoms in total. The Morgan fingerprint density at radius 1 is 1.32 bits per heavy atom. The Morgan fingerprint density at radius 2 is 2.00 bits per heavy atom. The van der Waals surface area contributed by atoms with Crippen molar-refractivity contribution in [2.45, 2.75) is 46.1 Å². The van der Waals surface area contributed by atoms with Crippen LogP contribution in [0.3, 0.4) is 0 Å². The molecular weight excluding hydrogens is 242 g/mol. The maximum atomic E-state index is 9.30. The van der Waals surface area contributed by atoms with Crippen molar-refractivity contribution in [2.24, 2.45) is 5.84 Å². The van der Waals surface area contributed by atoms with Gasteiger partial charge in [-0.15, -0.1) is 0 Å². The van der Waals surface area contributed by atoms with Crippen LogP contribution in [0.4, 0.5) is 11.6 Å².